The summed E-state index contributed by atoms with van der Waals surface area (Å²) in [5, 5.41) is 45.6. The summed E-state index contributed by atoms with van der Waals surface area (Å²) in [5.41, 5.74) is 17.0. The van der Waals surface area contributed by atoms with Crippen LogP contribution < -0.4 is 9.80 Å². The minimum Gasteiger partial charge on any atom is -0.370 e. The zero-order valence-corrected chi connectivity index (χ0v) is 68.0. The van der Waals surface area contributed by atoms with E-state index in [9.17, 15) is 15.8 Å². The zero-order valence-electron chi connectivity index (χ0n) is 67.0. The SMILES string of the molecule is [B]N=P.[C-]#[N+]c1nc2c(nc1C#N)c1nc(C#N)c(C#N)nc1c1nc([N+]#[C-])c([N+]#[C-])nc21.c1ccc(-c2c3ccccc3c(-c3ccc(-n4c5ccc6ccccc6c5c5c6ccccc6ccc54)cc3)c3ccccc23)cc1.c1ccc(N(c2ccc(-c3ccc(N(c4ccccc4)c4cccc5ccccc45)cc3)cc2)c2cccc3ccccc23)cc1. The van der Waals surface area contributed by atoms with Crippen molar-refractivity contribution in [3.05, 3.63) is 421 Å². The quantitative estimate of drug-likeness (QED) is 0.0417. The van der Waals surface area contributed by atoms with Crippen molar-refractivity contribution in [3.8, 4) is 57.3 Å². The third-order valence-corrected chi connectivity index (χ3v) is 22.5. The third kappa shape index (κ3) is 14.1. The maximum absolute atomic E-state index is 9.30. The van der Waals surface area contributed by atoms with E-state index in [-0.39, 0.29) is 67.6 Å². The number of nitriles is 3. The zero-order chi connectivity index (χ0) is 85.7. The van der Waals surface area contributed by atoms with Crippen LogP contribution in [0.2, 0.25) is 0 Å². The Labute approximate surface area is 726 Å². The summed E-state index contributed by atoms with van der Waals surface area (Å²) in [6, 6.07) is 139. The second-order valence-corrected chi connectivity index (χ2v) is 29.7. The predicted octanol–water partition coefficient (Wildman–Crippen LogP) is 28.5. The van der Waals surface area contributed by atoms with E-state index in [1.165, 1.54) is 120 Å². The molecule has 0 atom stereocenters. The monoisotopic (exact) mass is 1620 g/mol. The highest BCUT2D eigenvalue weighted by atomic mass is 31.0. The van der Waals surface area contributed by atoms with Gasteiger partial charge >= 0.3 is 5.82 Å². The number of benzene rings is 18. The normalized spacial score (nSPS) is 10.9. The molecule has 0 bridgehead atoms. The number of nitrogens with zero attached hydrogens (tertiary/aromatic N) is 16. The largest absolute Gasteiger partial charge is 0.370 e. The highest BCUT2D eigenvalue weighted by Crippen LogP contribution is 2.48. The lowest BCUT2D eigenvalue weighted by atomic mass is 9.86. The number of hydrogen-bond donors (Lipinski definition) is 0. The minimum absolute atomic E-state index is 0.000622. The van der Waals surface area contributed by atoms with E-state index in [1.54, 1.807) is 18.2 Å². The van der Waals surface area contributed by atoms with Gasteiger partial charge in [-0.2, -0.15) is 15.8 Å². The molecule has 0 N–H and O–H groups in total. The van der Waals surface area contributed by atoms with Crippen LogP contribution in [-0.2, 0) is 0 Å². The summed E-state index contributed by atoms with van der Waals surface area (Å²) >= 11 is 0. The van der Waals surface area contributed by atoms with Gasteiger partial charge in [0.15, 0.2) is 17.1 Å². The van der Waals surface area contributed by atoms with Crippen molar-refractivity contribution in [3.63, 3.8) is 0 Å². The van der Waals surface area contributed by atoms with Crippen LogP contribution in [0.25, 0.3) is 173 Å². The van der Waals surface area contributed by atoms with Crippen LogP contribution in [0.1, 0.15) is 17.1 Å². The summed E-state index contributed by atoms with van der Waals surface area (Å²) in [5.74, 6) is -0.890. The smallest absolute Gasteiger partial charge is 0.307 e. The van der Waals surface area contributed by atoms with Gasteiger partial charge in [0, 0.05) is 50.0 Å². The first-order valence-electron chi connectivity index (χ1n) is 40.2. The molecular formula is C108H62BN16P. The second-order valence-electron chi connectivity index (χ2n) is 29.5. The van der Waals surface area contributed by atoms with Gasteiger partial charge in [-0.05, 0) is 181 Å². The number of fused-ring (bicyclic) bond motifs is 17. The van der Waals surface area contributed by atoms with Crippen LogP contribution in [0, 0.1) is 53.7 Å². The molecule has 22 rings (SSSR count). The average Bonchev–Trinajstić information content (AvgIpc) is 1.46. The Hall–Kier alpha value is -18.0. The molecule has 18 aromatic carbocycles. The molecule has 22 aromatic rings. The van der Waals surface area contributed by atoms with Crippen molar-refractivity contribution in [2.24, 2.45) is 4.66 Å². The molecule has 16 nitrogen and oxygen atoms in total. The van der Waals surface area contributed by atoms with Crippen LogP contribution in [0.4, 0.5) is 51.6 Å². The standard InChI is InChI=1S/C46H29N.C44H32N2.C18N12.BHNP/c1-2-14-32(15-3-1)43-37-18-8-10-20-39(37)44(40-21-11-9-19-38(40)43)33-22-26-34(27-23-33)47-41-28-24-30-12-4-6-16-35(30)45(41)46-36-17-7-5-13-31(36)25-29-42(46)47;1-3-17-37(18-4-1)45(43-23-11-15-35-13-7-9-21-41(35)43)39-29-25-33(26-30-39)34-27-31-40(32-28-34)46(38-19-5-2-6-20-38)44-24-12-16-36-14-8-10-22-42(36)44;1-22-16-9(6-21)27-12-10-11(26-8(5-20)7(4-19)25-10)14-15(13(12)28-16)30-18(24-3)17(23-2)29-14;1-2-3/h1-29H;1-32H;;3H. The van der Waals surface area contributed by atoms with Crippen molar-refractivity contribution < 1.29 is 0 Å². The van der Waals surface area contributed by atoms with Crippen molar-refractivity contribution in [2.75, 3.05) is 9.80 Å². The first kappa shape index (κ1) is 77.9. The van der Waals surface area contributed by atoms with E-state index in [2.05, 4.69) is 451 Å². The molecule has 0 aliphatic carbocycles. The lowest BCUT2D eigenvalue weighted by Crippen LogP contribution is -2.10. The fraction of sp³-hybridized carbons (Fsp3) is 0. The topological polar surface area (TPSA) is 186 Å². The number of para-hydroxylation sites is 2. The van der Waals surface area contributed by atoms with Crippen molar-refractivity contribution in [1.29, 1.82) is 15.8 Å². The van der Waals surface area contributed by atoms with E-state index >= 15 is 0 Å². The van der Waals surface area contributed by atoms with E-state index in [4.69, 9.17) is 19.7 Å². The van der Waals surface area contributed by atoms with Gasteiger partial charge in [0.1, 0.15) is 34.8 Å². The molecule has 0 amide bonds. The Morgan fingerprint density at radius 3 is 0.944 bits per heavy atom. The Balaban J connectivity index is 0.000000125. The summed E-state index contributed by atoms with van der Waals surface area (Å²) in [4.78, 5) is 39.0. The average molecular weight is 1630 g/mol. The number of rotatable bonds is 10. The lowest BCUT2D eigenvalue weighted by molar-refractivity contribution is 1.18. The van der Waals surface area contributed by atoms with Crippen LogP contribution in [-0.4, -0.2) is 42.5 Å². The molecule has 0 aliphatic heterocycles. The molecule has 0 spiro atoms. The van der Waals surface area contributed by atoms with Crippen molar-refractivity contribution in [2.45, 2.75) is 0 Å². The molecule has 0 saturated carbocycles. The Morgan fingerprint density at radius 1 is 0.286 bits per heavy atom. The number of aromatic nitrogens is 7. The van der Waals surface area contributed by atoms with Crippen molar-refractivity contribution in [1.82, 2.24) is 34.5 Å². The number of hydrogen-bond acceptors (Lipinski definition) is 12. The first-order valence-corrected chi connectivity index (χ1v) is 40.6. The van der Waals surface area contributed by atoms with E-state index in [1.807, 2.05) is 0 Å². The molecular weight excluding hydrogens is 1560 g/mol. The Morgan fingerprint density at radius 2 is 0.571 bits per heavy atom. The molecule has 0 unspecified atom stereocenters. The number of anilines is 6. The van der Waals surface area contributed by atoms with E-state index in [0.717, 1.165) is 39.8 Å². The third-order valence-electron chi connectivity index (χ3n) is 22.5. The van der Waals surface area contributed by atoms with Crippen LogP contribution in [0.5, 0.6) is 0 Å². The molecule has 0 aliphatic rings. The molecule has 2 radical (unpaired) electrons. The Bertz CT molecular complexity index is 7720. The molecule has 18 heteroatoms. The summed E-state index contributed by atoms with van der Waals surface area (Å²) in [7, 11) is 6.97. The second kappa shape index (κ2) is 34.0. The van der Waals surface area contributed by atoms with E-state index < -0.39 is 0 Å². The van der Waals surface area contributed by atoms with Gasteiger partial charge in [-0.15, -0.1) is 15.0 Å². The molecule has 0 saturated heterocycles. The first-order chi connectivity index (χ1) is 62.2. The van der Waals surface area contributed by atoms with Crippen LogP contribution in [0.3, 0.4) is 0 Å². The highest BCUT2D eigenvalue weighted by molar-refractivity contribution is 7.05. The van der Waals surface area contributed by atoms with Crippen molar-refractivity contribution >= 4 is 188 Å². The van der Waals surface area contributed by atoms with Crippen LogP contribution in [0.15, 0.2) is 375 Å². The Kier molecular flexibility index (Phi) is 21.1. The summed E-state index contributed by atoms with van der Waals surface area (Å²) < 4.78 is 5.25. The predicted molar refractivity (Wildman–Crippen MR) is 513 cm³/mol. The van der Waals surface area contributed by atoms with Gasteiger partial charge in [0.05, 0.1) is 22.4 Å². The minimum atomic E-state index is -0.298. The van der Waals surface area contributed by atoms with Gasteiger partial charge in [-0.1, -0.05) is 305 Å². The van der Waals surface area contributed by atoms with Gasteiger partial charge in [0.25, 0.3) is 25.1 Å². The fourth-order valence-corrected chi connectivity index (χ4v) is 17.1. The van der Waals surface area contributed by atoms with Gasteiger partial charge in [0.2, 0.25) is 11.0 Å². The van der Waals surface area contributed by atoms with Gasteiger partial charge < -0.3 is 33.6 Å². The maximum Gasteiger partial charge on any atom is 0.307 e. The molecule has 4 heterocycles. The molecule has 0 fully saturated rings. The van der Waals surface area contributed by atoms with Gasteiger partial charge in [-0.25, -0.2) is 15.0 Å². The summed E-state index contributed by atoms with van der Waals surface area (Å²) in [6.45, 7) is 21.7. The van der Waals surface area contributed by atoms with E-state index in [0.29, 0.717) is 0 Å². The molecule has 582 valence electrons. The lowest BCUT2D eigenvalue weighted by Gasteiger charge is -2.27. The van der Waals surface area contributed by atoms with Crippen LogP contribution >= 0.6 is 9.03 Å². The summed E-state index contributed by atoms with van der Waals surface area (Å²) in [6.07, 6.45) is 0. The fourth-order valence-electron chi connectivity index (χ4n) is 17.1. The highest BCUT2D eigenvalue weighted by Gasteiger charge is 2.30. The molecule has 126 heavy (non-hydrogen) atoms. The molecule has 4 aromatic heterocycles. The maximum atomic E-state index is 9.30. The van der Waals surface area contributed by atoms with Gasteiger partial charge in [-0.3, -0.25) is 0 Å².